The minimum atomic E-state index is -0.487. The Kier molecular flexibility index (Phi) is 3.70. The van der Waals surface area contributed by atoms with Gasteiger partial charge >= 0.3 is 0 Å². The highest BCUT2D eigenvalue weighted by molar-refractivity contribution is 5.96. The van der Waals surface area contributed by atoms with Gasteiger partial charge in [-0.25, -0.2) is 4.98 Å². The van der Waals surface area contributed by atoms with Crippen LogP contribution in [0, 0.1) is 10.1 Å². The van der Waals surface area contributed by atoms with Crippen molar-refractivity contribution in [2.45, 2.75) is 19.9 Å². The first-order valence-electron chi connectivity index (χ1n) is 5.89. The molecule has 0 bridgehead atoms. The van der Waals surface area contributed by atoms with Crippen molar-refractivity contribution in [3.8, 4) is 0 Å². The molecule has 0 fully saturated rings. The number of nitro benzene ring substituents is 1. The summed E-state index contributed by atoms with van der Waals surface area (Å²) >= 11 is 0. The molecule has 0 spiro atoms. The molecule has 2 rings (SSSR count). The SMILES string of the molecule is CCc1nccn1CC(=O)c1ccc([N+](=O)[O-])cc1. The number of ketones is 1. The predicted molar refractivity (Wildman–Crippen MR) is 69.0 cm³/mol. The van der Waals surface area contributed by atoms with Crippen molar-refractivity contribution in [3.05, 3.63) is 58.2 Å². The normalized spacial score (nSPS) is 10.4. The van der Waals surface area contributed by atoms with Crippen LogP contribution in [-0.2, 0) is 13.0 Å². The molecule has 0 atom stereocenters. The highest BCUT2D eigenvalue weighted by Gasteiger charge is 2.11. The Hall–Kier alpha value is -2.50. The molecular weight excluding hydrogens is 246 g/mol. The lowest BCUT2D eigenvalue weighted by atomic mass is 10.1. The second-order valence-corrected chi connectivity index (χ2v) is 4.05. The van der Waals surface area contributed by atoms with Crippen LogP contribution >= 0.6 is 0 Å². The Morgan fingerprint density at radius 2 is 2.05 bits per heavy atom. The minimum absolute atomic E-state index is 0.0200. The van der Waals surface area contributed by atoms with E-state index in [9.17, 15) is 14.9 Å². The summed E-state index contributed by atoms with van der Waals surface area (Å²) in [6, 6.07) is 5.62. The zero-order valence-electron chi connectivity index (χ0n) is 10.4. The van der Waals surface area contributed by atoms with Crippen molar-refractivity contribution in [3.63, 3.8) is 0 Å². The molecular formula is C13H13N3O3. The van der Waals surface area contributed by atoms with Gasteiger partial charge in [0.2, 0.25) is 0 Å². The van der Waals surface area contributed by atoms with Gasteiger partial charge in [-0.2, -0.15) is 0 Å². The largest absolute Gasteiger partial charge is 0.327 e. The van der Waals surface area contributed by atoms with Gasteiger partial charge in [0.1, 0.15) is 5.82 Å². The van der Waals surface area contributed by atoms with Gasteiger partial charge < -0.3 is 4.57 Å². The molecule has 0 unspecified atom stereocenters. The van der Waals surface area contributed by atoms with Crippen molar-refractivity contribution in [1.29, 1.82) is 0 Å². The van der Waals surface area contributed by atoms with E-state index in [1.165, 1.54) is 24.3 Å². The van der Waals surface area contributed by atoms with Crippen LogP contribution in [0.15, 0.2) is 36.7 Å². The Labute approximate surface area is 109 Å². The number of non-ortho nitro benzene ring substituents is 1. The molecule has 0 aliphatic heterocycles. The molecule has 0 N–H and O–H groups in total. The first-order valence-corrected chi connectivity index (χ1v) is 5.89. The van der Waals surface area contributed by atoms with E-state index in [0.29, 0.717) is 5.56 Å². The number of nitrogens with zero attached hydrogens (tertiary/aromatic N) is 3. The standard InChI is InChI=1S/C13H13N3O3/c1-2-13-14-7-8-15(13)9-12(17)10-3-5-11(6-4-10)16(18)19/h3-8H,2,9H2,1H3. The molecule has 0 aliphatic carbocycles. The molecule has 1 heterocycles. The number of imidazole rings is 1. The van der Waals surface area contributed by atoms with Crippen molar-refractivity contribution >= 4 is 11.5 Å². The Morgan fingerprint density at radius 3 is 2.63 bits per heavy atom. The number of nitro groups is 1. The lowest BCUT2D eigenvalue weighted by Crippen LogP contribution is -2.12. The fourth-order valence-electron chi connectivity index (χ4n) is 1.81. The Bertz CT molecular complexity index is 602. The van der Waals surface area contributed by atoms with Gasteiger partial charge in [-0.3, -0.25) is 14.9 Å². The number of aryl methyl sites for hydroxylation is 1. The maximum atomic E-state index is 12.0. The maximum absolute atomic E-state index is 12.0. The average molecular weight is 259 g/mol. The summed E-state index contributed by atoms with van der Waals surface area (Å²) in [6.45, 7) is 2.16. The van der Waals surface area contributed by atoms with Gasteiger partial charge in [-0.1, -0.05) is 6.92 Å². The lowest BCUT2D eigenvalue weighted by Gasteiger charge is -2.05. The van der Waals surface area contributed by atoms with E-state index >= 15 is 0 Å². The zero-order valence-corrected chi connectivity index (χ0v) is 10.4. The van der Waals surface area contributed by atoms with Crippen LogP contribution in [0.3, 0.4) is 0 Å². The molecule has 0 amide bonds. The van der Waals surface area contributed by atoms with E-state index < -0.39 is 4.92 Å². The zero-order chi connectivity index (χ0) is 13.8. The van der Waals surface area contributed by atoms with Crippen LogP contribution in [0.5, 0.6) is 0 Å². The fourth-order valence-corrected chi connectivity index (χ4v) is 1.81. The van der Waals surface area contributed by atoms with E-state index in [0.717, 1.165) is 12.2 Å². The van der Waals surface area contributed by atoms with Crippen molar-refractivity contribution in [1.82, 2.24) is 9.55 Å². The third-order valence-electron chi connectivity index (χ3n) is 2.83. The molecule has 2 aromatic rings. The summed E-state index contributed by atoms with van der Waals surface area (Å²) in [5.74, 6) is 0.748. The summed E-state index contributed by atoms with van der Waals surface area (Å²) in [5.41, 5.74) is 0.440. The van der Waals surface area contributed by atoms with E-state index in [1.54, 1.807) is 17.0 Å². The smallest absolute Gasteiger partial charge is 0.269 e. The molecule has 0 aliphatic rings. The molecule has 0 saturated heterocycles. The maximum Gasteiger partial charge on any atom is 0.269 e. The van der Waals surface area contributed by atoms with Crippen LogP contribution in [-0.4, -0.2) is 20.3 Å². The van der Waals surface area contributed by atoms with E-state index in [1.807, 2.05) is 6.92 Å². The Balaban J connectivity index is 2.14. The van der Waals surface area contributed by atoms with E-state index in [2.05, 4.69) is 4.98 Å². The summed E-state index contributed by atoms with van der Waals surface area (Å²) in [7, 11) is 0. The Morgan fingerprint density at radius 1 is 1.37 bits per heavy atom. The monoisotopic (exact) mass is 259 g/mol. The van der Waals surface area contributed by atoms with Gasteiger partial charge in [0.25, 0.3) is 5.69 Å². The van der Waals surface area contributed by atoms with Crippen LogP contribution in [0.4, 0.5) is 5.69 Å². The van der Waals surface area contributed by atoms with Gasteiger partial charge in [0.15, 0.2) is 5.78 Å². The number of Topliss-reactive ketones (excluding diaryl/α,β-unsaturated/α-hetero) is 1. The molecule has 0 radical (unpaired) electrons. The molecule has 0 saturated carbocycles. The highest BCUT2D eigenvalue weighted by Crippen LogP contribution is 2.13. The molecule has 1 aromatic heterocycles. The molecule has 1 aromatic carbocycles. The topological polar surface area (TPSA) is 78.0 Å². The highest BCUT2D eigenvalue weighted by atomic mass is 16.6. The summed E-state index contributed by atoms with van der Waals surface area (Å²) in [4.78, 5) is 26.2. The molecule has 6 heteroatoms. The van der Waals surface area contributed by atoms with E-state index in [-0.39, 0.29) is 18.0 Å². The van der Waals surface area contributed by atoms with Crippen LogP contribution in [0.2, 0.25) is 0 Å². The molecule has 6 nitrogen and oxygen atoms in total. The number of carbonyl (C=O) groups excluding carboxylic acids is 1. The first kappa shape index (κ1) is 12.9. The third kappa shape index (κ3) is 2.85. The first-order chi connectivity index (χ1) is 9.11. The fraction of sp³-hybridized carbons (Fsp3) is 0.231. The summed E-state index contributed by atoms with van der Waals surface area (Å²) in [5, 5.41) is 10.5. The number of hydrogen-bond donors (Lipinski definition) is 0. The van der Waals surface area contributed by atoms with Crippen LogP contribution in [0.1, 0.15) is 23.1 Å². The van der Waals surface area contributed by atoms with Crippen molar-refractivity contribution < 1.29 is 9.72 Å². The molecule has 19 heavy (non-hydrogen) atoms. The van der Waals surface area contributed by atoms with Gasteiger partial charge in [0.05, 0.1) is 11.5 Å². The molecule has 98 valence electrons. The predicted octanol–water partition coefficient (Wildman–Crippen LogP) is 2.24. The van der Waals surface area contributed by atoms with Crippen molar-refractivity contribution in [2.75, 3.05) is 0 Å². The third-order valence-corrected chi connectivity index (χ3v) is 2.83. The van der Waals surface area contributed by atoms with Gasteiger partial charge in [0, 0.05) is 36.5 Å². The number of benzene rings is 1. The van der Waals surface area contributed by atoms with Crippen molar-refractivity contribution in [2.24, 2.45) is 0 Å². The van der Waals surface area contributed by atoms with Gasteiger partial charge in [-0.05, 0) is 12.1 Å². The van der Waals surface area contributed by atoms with Crippen LogP contribution in [0.25, 0.3) is 0 Å². The lowest BCUT2D eigenvalue weighted by molar-refractivity contribution is -0.384. The number of hydrogen-bond acceptors (Lipinski definition) is 4. The van der Waals surface area contributed by atoms with Gasteiger partial charge in [-0.15, -0.1) is 0 Å². The van der Waals surface area contributed by atoms with E-state index in [4.69, 9.17) is 0 Å². The second-order valence-electron chi connectivity index (χ2n) is 4.05. The summed E-state index contributed by atoms with van der Waals surface area (Å²) < 4.78 is 1.78. The average Bonchev–Trinajstić information content (AvgIpc) is 2.86. The minimum Gasteiger partial charge on any atom is -0.327 e. The van der Waals surface area contributed by atoms with Crippen LogP contribution < -0.4 is 0 Å². The summed E-state index contributed by atoms with van der Waals surface area (Å²) in [6.07, 6.45) is 4.16. The number of rotatable bonds is 5. The quantitative estimate of drug-likeness (QED) is 0.468. The second kappa shape index (κ2) is 5.43. The number of carbonyl (C=O) groups is 1. The number of aromatic nitrogens is 2.